The second kappa shape index (κ2) is 6.61. The summed E-state index contributed by atoms with van der Waals surface area (Å²) in [4.78, 5) is 27.9. The minimum Gasteiger partial charge on any atom is -0.496 e. The maximum atomic E-state index is 12.6. The Morgan fingerprint density at radius 3 is 2.78 bits per heavy atom. The molecule has 2 aromatic carbocycles. The highest BCUT2D eigenvalue weighted by atomic mass is 32.1. The summed E-state index contributed by atoms with van der Waals surface area (Å²) in [5, 5.41) is 15.2. The van der Waals surface area contributed by atoms with E-state index in [9.17, 15) is 14.9 Å². The van der Waals surface area contributed by atoms with Crippen LogP contribution in [0.15, 0.2) is 53.3 Å². The Labute approximate surface area is 156 Å². The summed E-state index contributed by atoms with van der Waals surface area (Å²) in [6, 6.07) is 13.4. The van der Waals surface area contributed by atoms with Crippen molar-refractivity contribution in [3.05, 3.63) is 79.1 Å². The molecule has 9 heteroatoms. The number of methoxy groups -OCH3 is 1. The van der Waals surface area contributed by atoms with Crippen molar-refractivity contribution in [2.24, 2.45) is 0 Å². The van der Waals surface area contributed by atoms with Gasteiger partial charge in [-0.15, -0.1) is 5.10 Å². The highest BCUT2D eigenvalue weighted by molar-refractivity contribution is 7.15. The van der Waals surface area contributed by atoms with Gasteiger partial charge in [0.25, 0.3) is 11.2 Å². The van der Waals surface area contributed by atoms with Crippen LogP contribution in [0.3, 0.4) is 0 Å². The van der Waals surface area contributed by atoms with Gasteiger partial charge in [0.1, 0.15) is 5.75 Å². The summed E-state index contributed by atoms with van der Waals surface area (Å²) in [5.41, 5.74) is 0.902. The second-order valence-electron chi connectivity index (χ2n) is 5.60. The molecule has 0 aliphatic heterocycles. The molecule has 0 saturated carbocycles. The third-order valence-corrected chi connectivity index (χ3v) is 4.87. The molecule has 0 bridgehead atoms. The lowest BCUT2D eigenvalue weighted by atomic mass is 10.2. The average molecular weight is 380 g/mol. The molecule has 27 heavy (non-hydrogen) atoms. The summed E-state index contributed by atoms with van der Waals surface area (Å²) in [7, 11) is 1.56. The molecule has 4 aromatic rings. The fraction of sp³-hybridized carbons (Fsp3) is 0.0556. The predicted octanol–water partition coefficient (Wildman–Crippen LogP) is 2.28. The van der Waals surface area contributed by atoms with Crippen LogP contribution in [-0.2, 0) is 0 Å². The van der Waals surface area contributed by atoms with Gasteiger partial charge in [-0.05, 0) is 23.8 Å². The van der Waals surface area contributed by atoms with E-state index in [4.69, 9.17) is 4.74 Å². The van der Waals surface area contributed by atoms with E-state index in [-0.39, 0.29) is 11.2 Å². The van der Waals surface area contributed by atoms with Crippen LogP contribution in [0.2, 0.25) is 0 Å². The highest BCUT2D eigenvalue weighted by Crippen LogP contribution is 2.27. The van der Waals surface area contributed by atoms with Crippen LogP contribution in [0.5, 0.6) is 5.75 Å². The zero-order valence-corrected chi connectivity index (χ0v) is 14.8. The predicted molar refractivity (Wildman–Crippen MR) is 101 cm³/mol. The molecule has 4 rings (SSSR count). The van der Waals surface area contributed by atoms with E-state index >= 15 is 0 Å². The van der Waals surface area contributed by atoms with Gasteiger partial charge < -0.3 is 4.74 Å². The first-order valence-corrected chi connectivity index (χ1v) is 8.67. The first kappa shape index (κ1) is 16.9. The van der Waals surface area contributed by atoms with Crippen molar-refractivity contribution in [3.63, 3.8) is 0 Å². The number of hydrogen-bond donors (Lipinski definition) is 0. The number of hydrogen-bond acceptors (Lipinski definition) is 7. The van der Waals surface area contributed by atoms with Crippen LogP contribution in [0.25, 0.3) is 22.4 Å². The van der Waals surface area contributed by atoms with E-state index in [1.165, 1.54) is 28.0 Å². The van der Waals surface area contributed by atoms with Crippen LogP contribution in [0.4, 0.5) is 5.69 Å². The van der Waals surface area contributed by atoms with E-state index in [1.54, 1.807) is 31.4 Å². The van der Waals surface area contributed by atoms with Crippen LogP contribution in [0, 0.1) is 10.1 Å². The molecule has 8 nitrogen and oxygen atoms in total. The van der Waals surface area contributed by atoms with Crippen LogP contribution in [-0.4, -0.2) is 26.6 Å². The number of para-hydroxylation sites is 1. The number of ether oxygens (including phenoxy) is 1. The number of nitro groups is 1. The maximum Gasteiger partial charge on any atom is 0.291 e. The van der Waals surface area contributed by atoms with E-state index in [2.05, 4.69) is 10.1 Å². The number of thiazole rings is 1. The van der Waals surface area contributed by atoms with E-state index in [0.717, 1.165) is 0 Å². The minimum atomic E-state index is -0.474. The lowest BCUT2D eigenvalue weighted by Gasteiger charge is -2.03. The lowest BCUT2D eigenvalue weighted by molar-refractivity contribution is -0.384. The first-order chi connectivity index (χ1) is 13.1. The van der Waals surface area contributed by atoms with Crippen molar-refractivity contribution < 1.29 is 9.66 Å². The molecule has 0 fully saturated rings. The number of nitrogens with zero attached hydrogens (tertiary/aromatic N) is 4. The smallest absolute Gasteiger partial charge is 0.291 e. The third-order valence-electron chi connectivity index (χ3n) is 3.91. The quantitative estimate of drug-likeness (QED) is 0.398. The van der Waals surface area contributed by atoms with Crippen LogP contribution < -0.4 is 14.8 Å². The molecule has 0 radical (unpaired) electrons. The number of nitro benzene ring substituents is 1. The summed E-state index contributed by atoms with van der Waals surface area (Å²) >= 11 is 1.17. The molecule has 0 N–H and O–H groups in total. The van der Waals surface area contributed by atoms with Crippen LogP contribution >= 0.6 is 11.3 Å². The van der Waals surface area contributed by atoms with Crippen molar-refractivity contribution in [1.29, 1.82) is 0 Å². The minimum absolute atomic E-state index is 0.0332. The topological polar surface area (TPSA) is 99.6 Å². The van der Waals surface area contributed by atoms with Gasteiger partial charge in [0, 0.05) is 12.1 Å². The fourth-order valence-electron chi connectivity index (χ4n) is 2.66. The normalized spacial score (nSPS) is 11.8. The molecule has 134 valence electrons. The molecule has 2 heterocycles. The standard InChI is InChI=1S/C18H12N4O4S/c1-26-14-8-3-2-7-13(14)16-19-18-21(20-16)17(23)15(27-18)10-11-5-4-6-12(9-11)22(24)25/h2-10H,1H3/b15-10-. The Bertz CT molecular complexity index is 1280. The van der Waals surface area contributed by atoms with Gasteiger partial charge in [0.2, 0.25) is 4.96 Å². The number of fused-ring (bicyclic) bond motifs is 1. The number of benzene rings is 2. The van der Waals surface area contributed by atoms with Gasteiger partial charge in [-0.2, -0.15) is 9.50 Å². The number of non-ortho nitro benzene ring substituents is 1. The molecule has 2 aromatic heterocycles. The molecule has 0 aliphatic carbocycles. The summed E-state index contributed by atoms with van der Waals surface area (Å²) in [6.07, 6.45) is 1.60. The van der Waals surface area contributed by atoms with Gasteiger partial charge >= 0.3 is 0 Å². The molecular formula is C18H12N4O4S. The van der Waals surface area contributed by atoms with Gasteiger partial charge in [-0.1, -0.05) is 35.6 Å². The number of aromatic nitrogens is 3. The Hall–Kier alpha value is -3.59. The van der Waals surface area contributed by atoms with Crippen molar-refractivity contribution in [1.82, 2.24) is 14.6 Å². The largest absolute Gasteiger partial charge is 0.496 e. The van der Waals surface area contributed by atoms with E-state index < -0.39 is 4.92 Å². The highest BCUT2D eigenvalue weighted by Gasteiger charge is 2.15. The van der Waals surface area contributed by atoms with Gasteiger partial charge in [-0.3, -0.25) is 14.9 Å². The van der Waals surface area contributed by atoms with Crippen molar-refractivity contribution in [3.8, 4) is 17.1 Å². The molecule has 0 spiro atoms. The molecule has 0 atom stereocenters. The van der Waals surface area contributed by atoms with Crippen molar-refractivity contribution >= 4 is 28.1 Å². The van der Waals surface area contributed by atoms with Crippen molar-refractivity contribution in [2.75, 3.05) is 7.11 Å². The molecular weight excluding hydrogens is 368 g/mol. The van der Waals surface area contributed by atoms with E-state index in [0.29, 0.717) is 32.2 Å². The summed E-state index contributed by atoms with van der Waals surface area (Å²) < 4.78 is 6.94. The summed E-state index contributed by atoms with van der Waals surface area (Å²) in [6.45, 7) is 0. The maximum absolute atomic E-state index is 12.6. The number of rotatable bonds is 4. The van der Waals surface area contributed by atoms with Gasteiger partial charge in [0.15, 0.2) is 5.82 Å². The molecule has 0 saturated heterocycles. The molecule has 0 aliphatic rings. The monoisotopic (exact) mass is 380 g/mol. The Morgan fingerprint density at radius 1 is 1.22 bits per heavy atom. The molecule has 0 unspecified atom stereocenters. The Kier molecular flexibility index (Phi) is 4.13. The fourth-order valence-corrected chi connectivity index (χ4v) is 3.56. The zero-order valence-electron chi connectivity index (χ0n) is 14.0. The second-order valence-corrected chi connectivity index (χ2v) is 6.61. The van der Waals surface area contributed by atoms with Gasteiger partial charge in [-0.25, -0.2) is 0 Å². The van der Waals surface area contributed by atoms with E-state index in [1.807, 2.05) is 18.2 Å². The Balaban J connectivity index is 1.81. The van der Waals surface area contributed by atoms with Crippen LogP contribution in [0.1, 0.15) is 5.56 Å². The van der Waals surface area contributed by atoms with Gasteiger partial charge in [0.05, 0.1) is 22.1 Å². The summed E-state index contributed by atoms with van der Waals surface area (Å²) in [5.74, 6) is 1.02. The zero-order chi connectivity index (χ0) is 19.0. The first-order valence-electron chi connectivity index (χ1n) is 7.86. The average Bonchev–Trinajstić information content (AvgIpc) is 3.21. The Morgan fingerprint density at radius 2 is 2.04 bits per heavy atom. The third kappa shape index (κ3) is 3.04. The molecule has 0 amide bonds. The lowest BCUT2D eigenvalue weighted by Crippen LogP contribution is -2.23. The van der Waals surface area contributed by atoms with Crippen molar-refractivity contribution in [2.45, 2.75) is 0 Å². The SMILES string of the molecule is COc1ccccc1-c1nc2s/c(=C\c3cccc([N+](=O)[O-])c3)c(=O)n2n1.